The average molecular weight is 301 g/mol. The smallest absolute Gasteiger partial charge is 0.126 e. The second-order valence-corrected chi connectivity index (χ2v) is 5.89. The molecule has 1 fully saturated rings. The van der Waals surface area contributed by atoms with Gasteiger partial charge in [0.25, 0.3) is 0 Å². The lowest BCUT2D eigenvalue weighted by molar-refractivity contribution is 0.0235. The van der Waals surface area contributed by atoms with Crippen LogP contribution in [-0.2, 0) is 13.0 Å². The highest BCUT2D eigenvalue weighted by atomic mass is 19.1. The molecule has 0 amide bonds. The molecule has 1 N–H and O–H groups in total. The van der Waals surface area contributed by atoms with Crippen LogP contribution in [0.4, 0.5) is 4.39 Å². The number of rotatable bonds is 4. The van der Waals surface area contributed by atoms with Gasteiger partial charge in [0.1, 0.15) is 12.1 Å². The van der Waals surface area contributed by atoms with Gasteiger partial charge in [0.05, 0.1) is 6.10 Å². The Morgan fingerprint density at radius 3 is 2.77 bits per heavy atom. The van der Waals surface area contributed by atoms with Gasteiger partial charge < -0.3 is 5.11 Å². The van der Waals surface area contributed by atoms with E-state index in [0.717, 1.165) is 25.2 Å². The van der Waals surface area contributed by atoms with Gasteiger partial charge in [0.2, 0.25) is 0 Å². The first-order chi connectivity index (χ1) is 10.7. The highest BCUT2D eigenvalue weighted by Crippen LogP contribution is 2.23. The zero-order valence-electron chi connectivity index (χ0n) is 12.4. The number of piperidine rings is 1. The molecule has 1 aromatic heterocycles. The molecule has 2 atom stereocenters. The Morgan fingerprint density at radius 2 is 2.00 bits per heavy atom. The van der Waals surface area contributed by atoms with E-state index in [1.54, 1.807) is 12.1 Å². The molecule has 1 saturated heterocycles. The number of halogens is 1. The molecule has 22 heavy (non-hydrogen) atoms. The van der Waals surface area contributed by atoms with Crippen molar-refractivity contribution in [1.82, 2.24) is 14.9 Å². The maximum atomic E-state index is 13.8. The lowest BCUT2D eigenvalue weighted by atomic mass is 9.88. The Morgan fingerprint density at radius 1 is 1.23 bits per heavy atom. The fourth-order valence-corrected chi connectivity index (χ4v) is 3.06. The lowest BCUT2D eigenvalue weighted by Gasteiger charge is -2.36. The van der Waals surface area contributed by atoms with Gasteiger partial charge in [-0.15, -0.1) is 0 Å². The van der Waals surface area contributed by atoms with Gasteiger partial charge in [0, 0.05) is 43.5 Å². The van der Waals surface area contributed by atoms with Crippen LogP contribution in [0, 0.1) is 11.7 Å². The molecule has 1 aliphatic heterocycles. The number of hydrogen-bond acceptors (Lipinski definition) is 4. The summed E-state index contributed by atoms with van der Waals surface area (Å²) in [5.41, 5.74) is 1.74. The molecule has 0 aliphatic carbocycles. The summed E-state index contributed by atoms with van der Waals surface area (Å²) < 4.78 is 13.8. The predicted molar refractivity (Wildman–Crippen MR) is 81.5 cm³/mol. The molecule has 2 heterocycles. The zero-order valence-corrected chi connectivity index (χ0v) is 12.4. The number of aromatic nitrogens is 2. The molecule has 0 bridgehead atoms. The SMILES string of the molecule is O[C@H]1CCN(Cc2cncnc2)C[C@H]1Cc1ccccc1F. The van der Waals surface area contributed by atoms with Crippen LogP contribution < -0.4 is 0 Å². The Labute approximate surface area is 129 Å². The molecular weight excluding hydrogens is 281 g/mol. The zero-order chi connectivity index (χ0) is 15.4. The summed E-state index contributed by atoms with van der Waals surface area (Å²) >= 11 is 0. The maximum Gasteiger partial charge on any atom is 0.126 e. The second kappa shape index (κ2) is 6.94. The largest absolute Gasteiger partial charge is 0.393 e. The number of aliphatic hydroxyl groups is 1. The third-order valence-electron chi connectivity index (χ3n) is 4.24. The van der Waals surface area contributed by atoms with Gasteiger partial charge in [-0.1, -0.05) is 18.2 Å². The summed E-state index contributed by atoms with van der Waals surface area (Å²) in [5, 5.41) is 10.2. The van der Waals surface area contributed by atoms with E-state index in [4.69, 9.17) is 0 Å². The molecule has 0 spiro atoms. The Bertz CT molecular complexity index is 608. The average Bonchev–Trinajstić information content (AvgIpc) is 2.54. The van der Waals surface area contributed by atoms with Crippen LogP contribution in [0.1, 0.15) is 17.5 Å². The standard InChI is InChI=1S/C17H20FN3O/c18-16-4-2-1-3-14(16)7-15-11-21(6-5-17(15)22)10-13-8-19-12-20-9-13/h1-4,8-9,12,15,17,22H,5-7,10-11H2/t15-,17+/m1/s1. The Balaban J connectivity index is 1.65. The Hall–Kier alpha value is -1.85. The van der Waals surface area contributed by atoms with E-state index in [9.17, 15) is 9.50 Å². The first kappa shape index (κ1) is 15.1. The molecule has 0 saturated carbocycles. The summed E-state index contributed by atoms with van der Waals surface area (Å²) in [6.45, 7) is 2.36. The minimum absolute atomic E-state index is 0.0512. The molecular formula is C17H20FN3O. The van der Waals surface area contributed by atoms with Crippen molar-refractivity contribution in [3.8, 4) is 0 Å². The van der Waals surface area contributed by atoms with Gasteiger partial charge in [-0.3, -0.25) is 4.90 Å². The van der Waals surface area contributed by atoms with E-state index in [1.807, 2.05) is 18.5 Å². The van der Waals surface area contributed by atoms with Gasteiger partial charge in [-0.2, -0.15) is 0 Å². The fourth-order valence-electron chi connectivity index (χ4n) is 3.06. The van der Waals surface area contributed by atoms with Crippen molar-refractivity contribution in [3.05, 3.63) is 59.9 Å². The van der Waals surface area contributed by atoms with Crippen molar-refractivity contribution < 1.29 is 9.50 Å². The molecule has 1 aromatic carbocycles. The molecule has 116 valence electrons. The van der Waals surface area contributed by atoms with E-state index in [2.05, 4.69) is 14.9 Å². The Kier molecular flexibility index (Phi) is 4.75. The fraction of sp³-hybridized carbons (Fsp3) is 0.412. The van der Waals surface area contributed by atoms with Crippen LogP contribution in [0.25, 0.3) is 0 Å². The van der Waals surface area contributed by atoms with E-state index in [0.29, 0.717) is 18.4 Å². The number of aliphatic hydroxyl groups excluding tert-OH is 1. The minimum Gasteiger partial charge on any atom is -0.393 e. The molecule has 0 radical (unpaired) electrons. The van der Waals surface area contributed by atoms with Crippen LogP contribution in [0.2, 0.25) is 0 Å². The van der Waals surface area contributed by atoms with E-state index >= 15 is 0 Å². The van der Waals surface area contributed by atoms with E-state index in [1.165, 1.54) is 12.4 Å². The van der Waals surface area contributed by atoms with Crippen molar-refractivity contribution in [3.63, 3.8) is 0 Å². The maximum absolute atomic E-state index is 13.8. The minimum atomic E-state index is -0.372. The van der Waals surface area contributed by atoms with Gasteiger partial charge in [-0.05, 0) is 24.5 Å². The molecule has 5 heteroatoms. The predicted octanol–water partition coefficient (Wildman–Crippen LogP) is 2.04. The summed E-state index contributed by atoms with van der Waals surface area (Å²) in [6.07, 6.45) is 6.05. The topological polar surface area (TPSA) is 49.2 Å². The van der Waals surface area contributed by atoms with Gasteiger partial charge in [-0.25, -0.2) is 14.4 Å². The molecule has 2 aromatic rings. The van der Waals surface area contributed by atoms with Crippen molar-refractivity contribution in [2.45, 2.75) is 25.5 Å². The molecule has 4 nitrogen and oxygen atoms in total. The van der Waals surface area contributed by atoms with Gasteiger partial charge >= 0.3 is 0 Å². The van der Waals surface area contributed by atoms with E-state index < -0.39 is 0 Å². The summed E-state index contributed by atoms with van der Waals surface area (Å²) in [6, 6.07) is 6.81. The first-order valence-electron chi connectivity index (χ1n) is 7.60. The first-order valence-corrected chi connectivity index (χ1v) is 7.60. The highest BCUT2D eigenvalue weighted by Gasteiger charge is 2.28. The van der Waals surface area contributed by atoms with Crippen LogP contribution in [0.5, 0.6) is 0 Å². The monoisotopic (exact) mass is 301 g/mol. The van der Waals surface area contributed by atoms with Crippen molar-refractivity contribution in [2.24, 2.45) is 5.92 Å². The van der Waals surface area contributed by atoms with Crippen LogP contribution >= 0.6 is 0 Å². The summed E-state index contributed by atoms with van der Waals surface area (Å²) in [7, 11) is 0. The van der Waals surface area contributed by atoms with Crippen molar-refractivity contribution in [2.75, 3.05) is 13.1 Å². The quantitative estimate of drug-likeness (QED) is 0.939. The van der Waals surface area contributed by atoms with E-state index in [-0.39, 0.29) is 17.8 Å². The molecule has 1 aliphatic rings. The van der Waals surface area contributed by atoms with Gasteiger partial charge in [0.15, 0.2) is 0 Å². The summed E-state index contributed by atoms with van der Waals surface area (Å²) in [4.78, 5) is 10.3. The number of likely N-dealkylation sites (tertiary alicyclic amines) is 1. The molecule has 3 rings (SSSR count). The third-order valence-corrected chi connectivity index (χ3v) is 4.24. The molecule has 0 unspecified atom stereocenters. The summed E-state index contributed by atoms with van der Waals surface area (Å²) in [5.74, 6) is -0.140. The lowest BCUT2D eigenvalue weighted by Crippen LogP contribution is -2.43. The van der Waals surface area contributed by atoms with Crippen LogP contribution in [0.15, 0.2) is 43.0 Å². The van der Waals surface area contributed by atoms with Crippen LogP contribution in [-0.4, -0.2) is 39.2 Å². The van der Waals surface area contributed by atoms with Crippen molar-refractivity contribution >= 4 is 0 Å². The van der Waals surface area contributed by atoms with Crippen LogP contribution in [0.3, 0.4) is 0 Å². The number of benzene rings is 1. The second-order valence-electron chi connectivity index (χ2n) is 5.89. The normalized spacial score (nSPS) is 22.6. The third kappa shape index (κ3) is 3.67. The number of hydrogen-bond donors (Lipinski definition) is 1. The number of nitrogens with zero attached hydrogens (tertiary/aromatic N) is 3. The highest BCUT2D eigenvalue weighted by molar-refractivity contribution is 5.18. The van der Waals surface area contributed by atoms with Crippen molar-refractivity contribution in [1.29, 1.82) is 0 Å².